The number of hydrogen-bond donors (Lipinski definition) is 1. The Hall–Kier alpha value is -2.28. The number of carbonyl (C=O) groups excluding carboxylic acids is 1. The van der Waals surface area contributed by atoms with Crippen molar-refractivity contribution in [1.82, 2.24) is 24.5 Å². The molecule has 1 aromatic carbocycles. The van der Waals surface area contributed by atoms with Crippen molar-refractivity contribution in [3.63, 3.8) is 0 Å². The Morgan fingerprint density at radius 2 is 1.93 bits per heavy atom. The first-order valence-corrected chi connectivity index (χ1v) is 12.6. The molecule has 1 saturated heterocycles. The van der Waals surface area contributed by atoms with E-state index in [9.17, 15) is 13.2 Å². The van der Waals surface area contributed by atoms with E-state index in [-0.39, 0.29) is 16.6 Å². The number of hydrogen-bond acceptors (Lipinski definition) is 8. The second-order valence-electron chi connectivity index (χ2n) is 6.67. The van der Waals surface area contributed by atoms with Crippen LogP contribution in [0, 0.1) is 0 Å². The Bertz CT molecular complexity index is 1090. The number of aromatic nitrogens is 4. The van der Waals surface area contributed by atoms with E-state index in [2.05, 4.69) is 20.8 Å². The van der Waals surface area contributed by atoms with Gasteiger partial charge in [-0.2, -0.15) is 4.31 Å². The van der Waals surface area contributed by atoms with Gasteiger partial charge in [0.15, 0.2) is 0 Å². The van der Waals surface area contributed by atoms with Gasteiger partial charge in [-0.05, 0) is 59.0 Å². The summed E-state index contributed by atoms with van der Waals surface area (Å²) in [5, 5.41) is 16.9. The number of tetrazole rings is 1. The summed E-state index contributed by atoms with van der Waals surface area (Å²) in [6.45, 7) is 1.68. The van der Waals surface area contributed by atoms with Crippen LogP contribution in [-0.4, -0.2) is 57.7 Å². The molecule has 0 radical (unpaired) electrons. The monoisotopic (exact) mass is 464 g/mol. The number of nitrogens with zero attached hydrogens (tertiary/aromatic N) is 5. The minimum Gasteiger partial charge on any atom is -0.325 e. The Kier molecular flexibility index (Phi) is 6.46. The molecule has 12 heteroatoms. The van der Waals surface area contributed by atoms with E-state index in [0.29, 0.717) is 30.5 Å². The summed E-state index contributed by atoms with van der Waals surface area (Å²) in [7, 11) is -3.46. The van der Waals surface area contributed by atoms with Crippen LogP contribution < -0.4 is 5.32 Å². The van der Waals surface area contributed by atoms with Gasteiger partial charge in [0.2, 0.25) is 21.1 Å². The van der Waals surface area contributed by atoms with Crippen molar-refractivity contribution >= 4 is 44.7 Å². The van der Waals surface area contributed by atoms with Gasteiger partial charge in [0.25, 0.3) is 0 Å². The van der Waals surface area contributed by atoms with Crippen LogP contribution in [0.25, 0.3) is 0 Å². The predicted molar refractivity (Wildman–Crippen MR) is 115 cm³/mol. The van der Waals surface area contributed by atoms with Crippen molar-refractivity contribution in [2.24, 2.45) is 0 Å². The second-order valence-corrected chi connectivity index (χ2v) is 10.6. The molecule has 0 atom stereocenters. The molecule has 1 aliphatic rings. The molecule has 0 spiro atoms. The van der Waals surface area contributed by atoms with Gasteiger partial charge in [0.1, 0.15) is 0 Å². The van der Waals surface area contributed by atoms with Crippen LogP contribution in [0.1, 0.15) is 17.7 Å². The number of rotatable bonds is 8. The van der Waals surface area contributed by atoms with Crippen molar-refractivity contribution < 1.29 is 13.2 Å². The molecule has 3 aromatic rings. The van der Waals surface area contributed by atoms with E-state index in [1.54, 1.807) is 28.2 Å². The maximum Gasteiger partial charge on any atom is 0.243 e. The molecule has 4 rings (SSSR count). The molecule has 3 heterocycles. The summed E-state index contributed by atoms with van der Waals surface area (Å²) >= 11 is 2.86. The molecular formula is C18H20N6O3S3. The molecule has 0 bridgehead atoms. The number of anilines is 1. The quantitative estimate of drug-likeness (QED) is 0.509. The lowest BCUT2D eigenvalue weighted by atomic mass is 10.3. The Morgan fingerprint density at radius 3 is 2.63 bits per heavy atom. The van der Waals surface area contributed by atoms with Crippen LogP contribution in [0.15, 0.2) is 51.8 Å². The summed E-state index contributed by atoms with van der Waals surface area (Å²) in [5.41, 5.74) is 0.541. The lowest BCUT2D eigenvalue weighted by molar-refractivity contribution is -0.113. The number of amides is 1. The fraction of sp³-hybridized carbons (Fsp3) is 0.333. The Balaban J connectivity index is 1.32. The van der Waals surface area contributed by atoms with E-state index in [1.165, 1.54) is 28.2 Å². The molecule has 1 N–H and O–H groups in total. The van der Waals surface area contributed by atoms with Crippen molar-refractivity contribution in [1.29, 1.82) is 0 Å². The number of benzene rings is 1. The summed E-state index contributed by atoms with van der Waals surface area (Å²) in [6.07, 6.45) is 1.78. The van der Waals surface area contributed by atoms with E-state index in [4.69, 9.17) is 0 Å². The van der Waals surface area contributed by atoms with Gasteiger partial charge in [0.05, 0.1) is 17.2 Å². The largest absolute Gasteiger partial charge is 0.325 e. The van der Waals surface area contributed by atoms with Gasteiger partial charge in [-0.25, -0.2) is 13.1 Å². The predicted octanol–water partition coefficient (Wildman–Crippen LogP) is 2.30. The average molecular weight is 465 g/mol. The minimum absolute atomic E-state index is 0.138. The summed E-state index contributed by atoms with van der Waals surface area (Å²) in [6, 6.07) is 10.2. The molecular weight excluding hydrogens is 444 g/mol. The van der Waals surface area contributed by atoms with Crippen LogP contribution in [0.4, 0.5) is 5.69 Å². The highest BCUT2D eigenvalue weighted by Crippen LogP contribution is 2.23. The van der Waals surface area contributed by atoms with Crippen LogP contribution in [0.3, 0.4) is 0 Å². The molecule has 1 fully saturated rings. The van der Waals surface area contributed by atoms with E-state index in [1.807, 2.05) is 17.5 Å². The standard InChI is InChI=1S/C18H20N6O3S3/c25-17(13-29-18-20-21-22-24(18)12-15-4-3-11-28-15)19-14-5-7-16(8-6-14)30(26,27)23-9-1-2-10-23/h3-8,11H,1-2,9-10,12-13H2,(H,19,25). The van der Waals surface area contributed by atoms with E-state index < -0.39 is 10.0 Å². The third-order valence-corrected chi connectivity index (χ3v) is 8.29. The zero-order chi connectivity index (χ0) is 21.0. The molecule has 9 nitrogen and oxygen atoms in total. The van der Waals surface area contributed by atoms with Crippen molar-refractivity contribution in [2.75, 3.05) is 24.2 Å². The first-order chi connectivity index (χ1) is 14.5. The third kappa shape index (κ3) is 4.89. The van der Waals surface area contributed by atoms with Gasteiger partial charge in [-0.15, -0.1) is 16.4 Å². The highest BCUT2D eigenvalue weighted by Gasteiger charge is 2.26. The Morgan fingerprint density at radius 1 is 1.17 bits per heavy atom. The van der Waals surface area contributed by atoms with Crippen LogP contribution in [0.2, 0.25) is 0 Å². The normalized spacial score (nSPS) is 14.8. The first kappa shape index (κ1) is 21.0. The van der Waals surface area contributed by atoms with Gasteiger partial charge in [0, 0.05) is 23.7 Å². The molecule has 2 aromatic heterocycles. The summed E-state index contributed by atoms with van der Waals surface area (Å²) in [4.78, 5) is 13.7. The molecule has 1 amide bonds. The Labute approximate surface area is 182 Å². The van der Waals surface area contributed by atoms with E-state index in [0.717, 1.165) is 17.7 Å². The van der Waals surface area contributed by atoms with E-state index >= 15 is 0 Å². The minimum atomic E-state index is -3.46. The van der Waals surface area contributed by atoms with Crippen LogP contribution >= 0.6 is 23.1 Å². The van der Waals surface area contributed by atoms with Gasteiger partial charge in [-0.3, -0.25) is 4.79 Å². The zero-order valence-electron chi connectivity index (χ0n) is 16.0. The number of sulfonamides is 1. The summed E-state index contributed by atoms with van der Waals surface area (Å²) < 4.78 is 28.3. The van der Waals surface area contributed by atoms with Crippen LogP contribution in [0.5, 0.6) is 0 Å². The van der Waals surface area contributed by atoms with Gasteiger partial charge >= 0.3 is 0 Å². The highest BCUT2D eigenvalue weighted by molar-refractivity contribution is 7.99. The molecule has 0 aliphatic carbocycles. The van der Waals surface area contributed by atoms with Crippen molar-refractivity contribution in [3.05, 3.63) is 46.7 Å². The lowest BCUT2D eigenvalue weighted by Crippen LogP contribution is -2.27. The van der Waals surface area contributed by atoms with Gasteiger partial charge < -0.3 is 5.32 Å². The fourth-order valence-corrected chi connectivity index (χ4v) is 5.94. The number of thiophene rings is 1. The maximum atomic E-state index is 12.6. The summed E-state index contributed by atoms with van der Waals surface area (Å²) in [5.74, 6) is -0.0839. The fourth-order valence-electron chi connectivity index (χ4n) is 3.06. The second kappa shape index (κ2) is 9.25. The molecule has 158 valence electrons. The lowest BCUT2D eigenvalue weighted by Gasteiger charge is -2.15. The van der Waals surface area contributed by atoms with Crippen molar-refractivity contribution in [2.45, 2.75) is 29.4 Å². The smallest absolute Gasteiger partial charge is 0.243 e. The SMILES string of the molecule is O=C(CSc1nnnn1Cc1cccs1)Nc1ccc(S(=O)(=O)N2CCCC2)cc1. The molecule has 0 saturated carbocycles. The average Bonchev–Trinajstić information content (AvgIpc) is 3.50. The molecule has 1 aliphatic heterocycles. The number of nitrogens with one attached hydrogen (secondary N) is 1. The van der Waals surface area contributed by atoms with Crippen molar-refractivity contribution in [3.8, 4) is 0 Å². The zero-order valence-corrected chi connectivity index (χ0v) is 18.4. The highest BCUT2D eigenvalue weighted by atomic mass is 32.2. The molecule has 0 unspecified atom stereocenters. The van der Waals surface area contributed by atoms with Gasteiger partial charge in [-0.1, -0.05) is 17.8 Å². The topological polar surface area (TPSA) is 110 Å². The maximum absolute atomic E-state index is 12.6. The number of thioether (sulfide) groups is 1. The third-order valence-electron chi connectivity index (χ3n) is 4.56. The van der Waals surface area contributed by atoms with Crippen LogP contribution in [-0.2, 0) is 21.4 Å². The first-order valence-electron chi connectivity index (χ1n) is 9.34. The molecule has 30 heavy (non-hydrogen) atoms. The number of carbonyl (C=O) groups is 1.